The summed E-state index contributed by atoms with van der Waals surface area (Å²) in [6.07, 6.45) is 1.62. The lowest BCUT2D eigenvalue weighted by Crippen LogP contribution is -2.30. The number of halogens is 1. The van der Waals surface area contributed by atoms with E-state index in [0.29, 0.717) is 28.1 Å². The van der Waals surface area contributed by atoms with Crippen molar-refractivity contribution < 1.29 is 14.1 Å². The summed E-state index contributed by atoms with van der Waals surface area (Å²) in [6.45, 7) is 4.25. The molecule has 1 amide bonds. The fourth-order valence-electron chi connectivity index (χ4n) is 3.82. The molecule has 2 aromatic carbocycles. The predicted octanol–water partition coefficient (Wildman–Crippen LogP) is 5.01. The average molecular weight is 427 g/mol. The minimum Gasteiger partial charge on any atom is -0.450 e. The third-order valence-corrected chi connectivity index (χ3v) is 5.83. The van der Waals surface area contributed by atoms with Gasteiger partial charge in [0.25, 0.3) is 11.6 Å². The van der Waals surface area contributed by atoms with Gasteiger partial charge in [0, 0.05) is 23.7 Å². The molecule has 30 heavy (non-hydrogen) atoms. The van der Waals surface area contributed by atoms with Crippen molar-refractivity contribution in [2.45, 2.75) is 32.7 Å². The van der Waals surface area contributed by atoms with E-state index >= 15 is 0 Å². The molecule has 0 spiro atoms. The Morgan fingerprint density at radius 3 is 2.53 bits per heavy atom. The second-order valence-electron chi connectivity index (χ2n) is 7.37. The Labute approximate surface area is 177 Å². The standard InChI is InChI=1S/C22H19ClN2O5/c1-3-4-9-24-19(13-5-7-14(8-6-13)25(28)29)18-20(26)15-11-16(23)12(2)10-17(15)30-21(18)22(24)27/h5-8,10-11,19H,3-4,9H2,1-2H3. The van der Waals surface area contributed by atoms with Gasteiger partial charge in [-0.25, -0.2) is 0 Å². The second-order valence-corrected chi connectivity index (χ2v) is 7.78. The Hall–Kier alpha value is -3.19. The number of aryl methyl sites for hydroxylation is 1. The fraction of sp³-hybridized carbons (Fsp3) is 0.273. The van der Waals surface area contributed by atoms with Crippen LogP contribution in [0, 0.1) is 17.0 Å². The van der Waals surface area contributed by atoms with Crippen LogP contribution in [0.15, 0.2) is 45.6 Å². The van der Waals surface area contributed by atoms with Gasteiger partial charge in [0.1, 0.15) is 5.58 Å². The number of non-ortho nitro benzene ring substituents is 1. The Bertz CT molecular complexity index is 1230. The van der Waals surface area contributed by atoms with Crippen molar-refractivity contribution in [1.29, 1.82) is 0 Å². The SMILES string of the molecule is CCCCN1C(=O)c2oc3cc(C)c(Cl)cc3c(=O)c2C1c1ccc([N+](=O)[O-])cc1. The van der Waals surface area contributed by atoms with E-state index in [1.54, 1.807) is 36.1 Å². The quantitative estimate of drug-likeness (QED) is 0.422. The highest BCUT2D eigenvalue weighted by atomic mass is 35.5. The van der Waals surface area contributed by atoms with E-state index in [0.717, 1.165) is 18.4 Å². The number of unbranched alkanes of at least 4 members (excludes halogenated alkanes) is 1. The first kappa shape index (κ1) is 20.1. The molecule has 2 heterocycles. The molecule has 0 fully saturated rings. The van der Waals surface area contributed by atoms with Crippen LogP contribution in [0.5, 0.6) is 0 Å². The third kappa shape index (κ3) is 3.15. The van der Waals surface area contributed by atoms with Crippen LogP contribution in [-0.4, -0.2) is 22.3 Å². The summed E-state index contributed by atoms with van der Waals surface area (Å²) in [7, 11) is 0. The number of amides is 1. The topological polar surface area (TPSA) is 93.7 Å². The molecule has 0 bridgehead atoms. The number of carbonyl (C=O) groups is 1. The number of nitrogens with zero attached hydrogens (tertiary/aromatic N) is 2. The number of nitro benzene ring substituents is 1. The van der Waals surface area contributed by atoms with Crippen molar-refractivity contribution in [3.8, 4) is 0 Å². The Balaban J connectivity index is 1.95. The maximum absolute atomic E-state index is 13.4. The van der Waals surface area contributed by atoms with Crippen LogP contribution >= 0.6 is 11.6 Å². The van der Waals surface area contributed by atoms with E-state index < -0.39 is 11.0 Å². The largest absolute Gasteiger partial charge is 0.450 e. The molecule has 0 saturated heterocycles. The van der Waals surface area contributed by atoms with Gasteiger partial charge in [0.2, 0.25) is 5.76 Å². The van der Waals surface area contributed by atoms with Gasteiger partial charge in [-0.3, -0.25) is 19.7 Å². The van der Waals surface area contributed by atoms with Crippen LogP contribution < -0.4 is 5.43 Å². The van der Waals surface area contributed by atoms with Crippen molar-refractivity contribution in [3.05, 3.63) is 84.2 Å². The first-order valence-electron chi connectivity index (χ1n) is 9.65. The lowest BCUT2D eigenvalue weighted by atomic mass is 9.98. The van der Waals surface area contributed by atoms with Gasteiger partial charge in [-0.15, -0.1) is 0 Å². The zero-order valence-corrected chi connectivity index (χ0v) is 17.2. The molecule has 1 aromatic heterocycles. The van der Waals surface area contributed by atoms with Crippen LogP contribution in [0.2, 0.25) is 5.02 Å². The highest BCUT2D eigenvalue weighted by Crippen LogP contribution is 2.39. The van der Waals surface area contributed by atoms with Crippen LogP contribution in [-0.2, 0) is 0 Å². The van der Waals surface area contributed by atoms with E-state index in [1.807, 2.05) is 6.92 Å². The van der Waals surface area contributed by atoms with Crippen LogP contribution in [0.4, 0.5) is 5.69 Å². The number of hydrogen-bond donors (Lipinski definition) is 0. The molecule has 4 rings (SSSR count). The monoisotopic (exact) mass is 426 g/mol. The van der Waals surface area contributed by atoms with Crippen molar-refractivity contribution in [3.63, 3.8) is 0 Å². The number of carbonyl (C=O) groups excluding carboxylic acids is 1. The minimum absolute atomic E-state index is 0.0219. The third-order valence-electron chi connectivity index (χ3n) is 5.42. The number of fused-ring (bicyclic) bond motifs is 2. The highest BCUT2D eigenvalue weighted by Gasteiger charge is 2.42. The van der Waals surface area contributed by atoms with E-state index in [9.17, 15) is 19.7 Å². The number of rotatable bonds is 5. The van der Waals surface area contributed by atoms with Gasteiger partial charge >= 0.3 is 0 Å². The van der Waals surface area contributed by atoms with Crippen LogP contribution in [0.25, 0.3) is 11.0 Å². The van der Waals surface area contributed by atoms with E-state index in [1.165, 1.54) is 12.1 Å². The van der Waals surface area contributed by atoms with Gasteiger partial charge in [-0.1, -0.05) is 24.9 Å². The van der Waals surface area contributed by atoms with Crippen molar-refractivity contribution in [2.75, 3.05) is 6.54 Å². The molecule has 3 aromatic rings. The maximum Gasteiger partial charge on any atom is 0.290 e. The Kier molecular flexibility index (Phi) is 5.07. The maximum atomic E-state index is 13.4. The van der Waals surface area contributed by atoms with Crippen LogP contribution in [0.1, 0.15) is 53.1 Å². The Morgan fingerprint density at radius 1 is 1.20 bits per heavy atom. The van der Waals surface area contributed by atoms with Crippen LogP contribution in [0.3, 0.4) is 0 Å². The molecule has 154 valence electrons. The smallest absolute Gasteiger partial charge is 0.290 e. The van der Waals surface area contributed by atoms with Gasteiger partial charge in [0.15, 0.2) is 5.43 Å². The molecule has 0 aliphatic carbocycles. The van der Waals surface area contributed by atoms with Gasteiger partial charge < -0.3 is 9.32 Å². The molecule has 0 N–H and O–H groups in total. The summed E-state index contributed by atoms with van der Waals surface area (Å²) in [5, 5.41) is 11.8. The molecule has 0 radical (unpaired) electrons. The zero-order valence-electron chi connectivity index (χ0n) is 16.5. The van der Waals surface area contributed by atoms with E-state index in [-0.39, 0.29) is 28.3 Å². The van der Waals surface area contributed by atoms with Gasteiger partial charge in [-0.2, -0.15) is 0 Å². The summed E-state index contributed by atoms with van der Waals surface area (Å²) in [5.41, 5.74) is 1.55. The first-order valence-corrected chi connectivity index (χ1v) is 10.0. The fourth-order valence-corrected chi connectivity index (χ4v) is 3.99. The van der Waals surface area contributed by atoms with Crippen molar-refractivity contribution in [2.24, 2.45) is 0 Å². The average Bonchev–Trinajstić information content (AvgIpc) is 3.00. The molecule has 1 atom stereocenters. The predicted molar refractivity (Wildman–Crippen MR) is 113 cm³/mol. The van der Waals surface area contributed by atoms with Gasteiger partial charge in [-0.05, 0) is 48.7 Å². The Morgan fingerprint density at radius 2 is 1.90 bits per heavy atom. The number of hydrogen-bond acceptors (Lipinski definition) is 5. The molecule has 1 aliphatic rings. The molecule has 7 nitrogen and oxygen atoms in total. The second kappa shape index (κ2) is 7.57. The zero-order chi connectivity index (χ0) is 21.6. The molecular formula is C22H19ClN2O5. The van der Waals surface area contributed by atoms with Crippen molar-refractivity contribution >= 4 is 34.2 Å². The molecule has 0 saturated carbocycles. The van der Waals surface area contributed by atoms with Gasteiger partial charge in [0.05, 0.1) is 21.9 Å². The molecule has 1 unspecified atom stereocenters. The lowest BCUT2D eigenvalue weighted by Gasteiger charge is -2.24. The summed E-state index contributed by atoms with van der Waals surface area (Å²) in [6, 6.07) is 8.45. The molecule has 8 heteroatoms. The highest BCUT2D eigenvalue weighted by molar-refractivity contribution is 6.32. The summed E-state index contributed by atoms with van der Waals surface area (Å²) in [5.74, 6) is -0.331. The minimum atomic E-state index is -0.666. The molecular weight excluding hydrogens is 408 g/mol. The lowest BCUT2D eigenvalue weighted by molar-refractivity contribution is -0.384. The summed E-state index contributed by atoms with van der Waals surface area (Å²) < 4.78 is 5.90. The summed E-state index contributed by atoms with van der Waals surface area (Å²) in [4.78, 5) is 38.7. The summed E-state index contributed by atoms with van der Waals surface area (Å²) >= 11 is 6.22. The number of nitro groups is 1. The van der Waals surface area contributed by atoms with Crippen molar-refractivity contribution in [1.82, 2.24) is 4.90 Å². The van der Waals surface area contributed by atoms with E-state index in [2.05, 4.69) is 0 Å². The first-order chi connectivity index (χ1) is 14.3. The normalized spacial score (nSPS) is 15.6. The molecule has 1 aliphatic heterocycles. The number of benzene rings is 2. The van der Waals surface area contributed by atoms with E-state index in [4.69, 9.17) is 16.0 Å².